The number of benzene rings is 3. The number of rotatable bonds is 5. The predicted molar refractivity (Wildman–Crippen MR) is 135 cm³/mol. The van der Waals surface area contributed by atoms with E-state index in [0.29, 0.717) is 42.3 Å². The highest BCUT2D eigenvalue weighted by Gasteiger charge is 2.46. The van der Waals surface area contributed by atoms with E-state index < -0.39 is 17.7 Å². The molecule has 1 atom stereocenters. The molecule has 37 heavy (non-hydrogen) atoms. The van der Waals surface area contributed by atoms with Crippen LogP contribution in [0.3, 0.4) is 0 Å². The Balaban J connectivity index is 1.46. The summed E-state index contributed by atoms with van der Waals surface area (Å²) in [4.78, 5) is 31.4. The number of aromatic nitrogens is 1. The summed E-state index contributed by atoms with van der Waals surface area (Å²) in [5.74, 6) is -1.07. The number of Topliss-reactive ketones (excluding diaryl/α,β-unsaturated/α-hetero) is 1. The van der Waals surface area contributed by atoms with E-state index in [1.807, 2.05) is 24.3 Å². The normalized spacial score (nSPS) is 18.5. The lowest BCUT2D eigenvalue weighted by Gasteiger charge is -2.25. The predicted octanol–water partition coefficient (Wildman–Crippen LogP) is 4.74. The van der Waals surface area contributed by atoms with E-state index in [2.05, 4.69) is 4.98 Å². The van der Waals surface area contributed by atoms with Gasteiger partial charge in [-0.05, 0) is 48.4 Å². The van der Waals surface area contributed by atoms with Crippen LogP contribution in [0.2, 0.25) is 0 Å². The van der Waals surface area contributed by atoms with Crippen molar-refractivity contribution in [2.45, 2.75) is 12.5 Å². The maximum absolute atomic E-state index is 13.4. The smallest absolute Gasteiger partial charge is 0.295 e. The molecule has 1 saturated heterocycles. The van der Waals surface area contributed by atoms with Crippen LogP contribution in [0.4, 0.5) is 4.39 Å². The molecule has 186 valence electrons. The Morgan fingerprint density at radius 1 is 1.00 bits per heavy atom. The summed E-state index contributed by atoms with van der Waals surface area (Å²) in [6.45, 7) is 1.01. The van der Waals surface area contributed by atoms with Gasteiger partial charge in [0, 0.05) is 34.8 Å². The van der Waals surface area contributed by atoms with Crippen molar-refractivity contribution in [3.8, 4) is 11.5 Å². The van der Waals surface area contributed by atoms with E-state index in [4.69, 9.17) is 9.47 Å². The average Bonchev–Trinajstić information content (AvgIpc) is 3.46. The summed E-state index contributed by atoms with van der Waals surface area (Å²) >= 11 is 0. The number of para-hydroxylation sites is 1. The zero-order chi connectivity index (χ0) is 25.5. The largest absolute Gasteiger partial charge is 0.507 e. The summed E-state index contributed by atoms with van der Waals surface area (Å²) in [7, 11) is 0. The fourth-order valence-electron chi connectivity index (χ4n) is 5.00. The summed E-state index contributed by atoms with van der Waals surface area (Å²) in [5.41, 5.74) is 2.73. The molecule has 7 nitrogen and oxygen atoms in total. The Morgan fingerprint density at radius 2 is 1.76 bits per heavy atom. The van der Waals surface area contributed by atoms with Gasteiger partial charge in [0.15, 0.2) is 11.5 Å². The van der Waals surface area contributed by atoms with Gasteiger partial charge in [-0.3, -0.25) is 9.59 Å². The molecule has 0 saturated carbocycles. The maximum atomic E-state index is 13.4. The number of halogens is 1. The third kappa shape index (κ3) is 4.00. The molecule has 0 bridgehead atoms. The number of H-pyrrole nitrogens is 1. The molecule has 0 radical (unpaired) electrons. The third-order valence-corrected chi connectivity index (χ3v) is 6.83. The van der Waals surface area contributed by atoms with Gasteiger partial charge in [-0.15, -0.1) is 0 Å². The standard InChI is InChI=1S/C29H23FN2O5/c30-19-8-5-17(6-9-19)11-12-32-26(21-16-31-22-4-2-1-3-20(21)22)25(28(34)29(32)35)27(33)18-7-10-23-24(15-18)37-14-13-36-23/h1-10,15-16,26,31,33H,11-14H2/b27-25+. The number of carbonyl (C=O) groups excluding carboxylic acids is 2. The zero-order valence-electron chi connectivity index (χ0n) is 19.7. The minimum atomic E-state index is -0.815. The van der Waals surface area contributed by atoms with Gasteiger partial charge in [0.25, 0.3) is 11.7 Å². The Bertz CT molecular complexity index is 1560. The van der Waals surface area contributed by atoms with Crippen molar-refractivity contribution in [2.24, 2.45) is 0 Å². The Labute approximate surface area is 211 Å². The number of nitrogens with one attached hydrogen (secondary N) is 1. The number of aromatic amines is 1. The maximum Gasteiger partial charge on any atom is 0.295 e. The Kier molecular flexibility index (Phi) is 5.64. The van der Waals surface area contributed by atoms with Gasteiger partial charge in [-0.1, -0.05) is 30.3 Å². The summed E-state index contributed by atoms with van der Waals surface area (Å²) in [5, 5.41) is 12.3. The molecule has 1 unspecified atom stereocenters. The van der Waals surface area contributed by atoms with Crippen LogP contribution in [-0.4, -0.2) is 46.4 Å². The highest BCUT2D eigenvalue weighted by atomic mass is 19.1. The fraction of sp³-hybridized carbons (Fsp3) is 0.172. The highest BCUT2D eigenvalue weighted by molar-refractivity contribution is 6.46. The minimum Gasteiger partial charge on any atom is -0.507 e. The SMILES string of the molecule is O=C1C(=O)N(CCc2ccc(F)cc2)C(c2c[nH]c3ccccc23)/C1=C(\O)c1ccc2c(c1)OCCO2. The first kappa shape index (κ1) is 22.8. The molecule has 0 spiro atoms. The molecule has 1 amide bonds. The molecule has 2 N–H and O–H groups in total. The van der Waals surface area contributed by atoms with Crippen molar-refractivity contribution in [2.75, 3.05) is 19.8 Å². The number of ketones is 1. The van der Waals surface area contributed by atoms with Crippen LogP contribution in [-0.2, 0) is 16.0 Å². The number of ether oxygens (including phenoxy) is 2. The number of hydrogen-bond acceptors (Lipinski definition) is 5. The number of aliphatic hydroxyl groups excluding tert-OH is 1. The van der Waals surface area contributed by atoms with Crippen LogP contribution in [0.15, 0.2) is 78.5 Å². The highest BCUT2D eigenvalue weighted by Crippen LogP contribution is 2.43. The lowest BCUT2D eigenvalue weighted by molar-refractivity contribution is -0.139. The van der Waals surface area contributed by atoms with Crippen molar-refractivity contribution < 1.29 is 28.6 Å². The lowest BCUT2D eigenvalue weighted by atomic mass is 9.94. The third-order valence-electron chi connectivity index (χ3n) is 6.83. The molecular weight excluding hydrogens is 475 g/mol. The quantitative estimate of drug-likeness (QED) is 0.236. The average molecular weight is 499 g/mol. The second-order valence-corrected chi connectivity index (χ2v) is 9.02. The Morgan fingerprint density at radius 3 is 2.57 bits per heavy atom. The van der Waals surface area contributed by atoms with Crippen molar-refractivity contribution in [3.05, 3.63) is 101 Å². The molecule has 0 aliphatic carbocycles. The molecule has 3 heterocycles. The molecular formula is C29H23FN2O5. The number of hydrogen-bond donors (Lipinski definition) is 2. The summed E-state index contributed by atoms with van der Waals surface area (Å²) < 4.78 is 24.6. The van der Waals surface area contributed by atoms with E-state index in [1.165, 1.54) is 17.0 Å². The van der Waals surface area contributed by atoms with Crippen LogP contribution in [0.1, 0.15) is 22.7 Å². The number of likely N-dealkylation sites (tertiary alicyclic amines) is 1. The van der Waals surface area contributed by atoms with Gasteiger partial charge in [-0.25, -0.2) is 4.39 Å². The van der Waals surface area contributed by atoms with Crippen molar-refractivity contribution in [1.82, 2.24) is 9.88 Å². The first-order valence-electron chi connectivity index (χ1n) is 12.0. The summed E-state index contributed by atoms with van der Waals surface area (Å²) in [6, 6.07) is 17.7. The first-order chi connectivity index (χ1) is 18.0. The molecule has 3 aromatic carbocycles. The second-order valence-electron chi connectivity index (χ2n) is 9.02. The van der Waals surface area contributed by atoms with Crippen LogP contribution in [0, 0.1) is 5.82 Å². The molecule has 2 aliphatic heterocycles. The lowest BCUT2D eigenvalue weighted by Crippen LogP contribution is -2.31. The van der Waals surface area contributed by atoms with E-state index in [9.17, 15) is 19.1 Å². The molecule has 1 aromatic heterocycles. The van der Waals surface area contributed by atoms with E-state index in [0.717, 1.165) is 16.5 Å². The van der Waals surface area contributed by atoms with Crippen LogP contribution in [0.5, 0.6) is 11.5 Å². The van der Waals surface area contributed by atoms with Crippen molar-refractivity contribution in [1.29, 1.82) is 0 Å². The van der Waals surface area contributed by atoms with Gasteiger partial charge in [-0.2, -0.15) is 0 Å². The number of amides is 1. The topological polar surface area (TPSA) is 91.9 Å². The number of nitrogens with zero attached hydrogens (tertiary/aromatic N) is 1. The zero-order valence-corrected chi connectivity index (χ0v) is 19.7. The van der Waals surface area contributed by atoms with Gasteiger partial charge in [0.1, 0.15) is 24.8 Å². The van der Waals surface area contributed by atoms with Gasteiger partial charge >= 0.3 is 0 Å². The van der Waals surface area contributed by atoms with Gasteiger partial charge in [0.05, 0.1) is 11.6 Å². The summed E-state index contributed by atoms with van der Waals surface area (Å²) in [6.07, 6.45) is 2.18. The van der Waals surface area contributed by atoms with E-state index in [-0.39, 0.29) is 23.7 Å². The van der Waals surface area contributed by atoms with Gasteiger partial charge < -0.3 is 24.5 Å². The van der Waals surface area contributed by atoms with E-state index in [1.54, 1.807) is 36.5 Å². The molecule has 6 rings (SSSR count). The van der Waals surface area contributed by atoms with Gasteiger partial charge in [0.2, 0.25) is 0 Å². The van der Waals surface area contributed by atoms with Crippen LogP contribution in [0.25, 0.3) is 16.7 Å². The number of aliphatic hydroxyl groups is 1. The molecule has 2 aliphatic rings. The fourth-order valence-corrected chi connectivity index (χ4v) is 5.00. The number of fused-ring (bicyclic) bond motifs is 2. The molecule has 8 heteroatoms. The van der Waals surface area contributed by atoms with Crippen LogP contribution < -0.4 is 9.47 Å². The minimum absolute atomic E-state index is 0.00513. The number of carbonyl (C=O) groups is 2. The van der Waals surface area contributed by atoms with E-state index >= 15 is 0 Å². The van der Waals surface area contributed by atoms with Crippen LogP contribution >= 0.6 is 0 Å². The van der Waals surface area contributed by atoms with Crippen molar-refractivity contribution in [3.63, 3.8) is 0 Å². The Hall–Kier alpha value is -4.59. The molecule has 4 aromatic rings. The second kappa shape index (κ2) is 9.13. The molecule has 1 fully saturated rings. The monoisotopic (exact) mass is 498 g/mol. The first-order valence-corrected chi connectivity index (χ1v) is 12.0. The van der Waals surface area contributed by atoms with Crippen molar-refractivity contribution >= 4 is 28.4 Å².